The van der Waals surface area contributed by atoms with E-state index >= 15 is 0 Å². The highest BCUT2D eigenvalue weighted by molar-refractivity contribution is 5.79. The molecule has 1 saturated carbocycles. The summed E-state index contributed by atoms with van der Waals surface area (Å²) in [5.41, 5.74) is 4.12. The zero-order chi connectivity index (χ0) is 17.5. The third-order valence-electron chi connectivity index (χ3n) is 5.30. The summed E-state index contributed by atoms with van der Waals surface area (Å²) < 4.78 is 3.88. The summed E-state index contributed by atoms with van der Waals surface area (Å²) in [6.07, 6.45) is 14.9. The smallest absolute Gasteiger partial charge is 0.241 e. The van der Waals surface area contributed by atoms with Crippen molar-refractivity contribution >= 4 is 17.2 Å². The van der Waals surface area contributed by atoms with E-state index in [2.05, 4.69) is 37.6 Å². The maximum absolute atomic E-state index is 4.61. The number of nitrogens with one attached hydrogen (secondary N) is 1. The van der Waals surface area contributed by atoms with Gasteiger partial charge in [0.15, 0.2) is 0 Å². The number of rotatable bonds is 4. The summed E-state index contributed by atoms with van der Waals surface area (Å²) in [5, 5.41) is 8.00. The third kappa shape index (κ3) is 2.60. The Morgan fingerprint density at radius 3 is 2.85 bits per heavy atom. The van der Waals surface area contributed by atoms with E-state index in [0.717, 1.165) is 34.8 Å². The van der Waals surface area contributed by atoms with Crippen molar-refractivity contribution in [3.8, 4) is 11.1 Å². The summed E-state index contributed by atoms with van der Waals surface area (Å²) in [5.74, 6) is 2.15. The minimum atomic E-state index is 0.686. The average molecular weight is 347 g/mol. The molecule has 0 aromatic carbocycles. The van der Waals surface area contributed by atoms with Crippen LogP contribution in [-0.4, -0.2) is 35.5 Å². The topological polar surface area (TPSA) is 72.4 Å². The van der Waals surface area contributed by atoms with Crippen LogP contribution < -0.4 is 5.32 Å². The van der Waals surface area contributed by atoms with E-state index in [9.17, 15) is 0 Å². The predicted molar refractivity (Wildman–Crippen MR) is 100 cm³/mol. The van der Waals surface area contributed by atoms with Crippen molar-refractivity contribution in [2.45, 2.75) is 32.6 Å². The summed E-state index contributed by atoms with van der Waals surface area (Å²) in [6, 6.07) is 2.06. The average Bonchev–Trinajstić information content (AvgIpc) is 3.40. The second kappa shape index (κ2) is 6.09. The van der Waals surface area contributed by atoms with E-state index in [1.54, 1.807) is 0 Å². The van der Waals surface area contributed by atoms with E-state index in [4.69, 9.17) is 0 Å². The number of aryl methyl sites for hydroxylation is 1. The summed E-state index contributed by atoms with van der Waals surface area (Å²) >= 11 is 0. The molecule has 0 atom stereocenters. The molecule has 4 aromatic rings. The van der Waals surface area contributed by atoms with Crippen LogP contribution in [0, 0.1) is 12.8 Å². The zero-order valence-corrected chi connectivity index (χ0v) is 14.8. The van der Waals surface area contributed by atoms with Crippen molar-refractivity contribution in [1.82, 2.24) is 29.0 Å². The van der Waals surface area contributed by atoms with Gasteiger partial charge in [0.05, 0.1) is 17.9 Å². The first-order valence-electron chi connectivity index (χ1n) is 9.16. The Kier molecular flexibility index (Phi) is 3.58. The zero-order valence-electron chi connectivity index (χ0n) is 14.8. The van der Waals surface area contributed by atoms with Gasteiger partial charge in [-0.1, -0.05) is 12.8 Å². The van der Waals surface area contributed by atoms with Crippen molar-refractivity contribution in [3.05, 3.63) is 42.7 Å². The van der Waals surface area contributed by atoms with Gasteiger partial charge in [0.2, 0.25) is 11.7 Å². The van der Waals surface area contributed by atoms with Crippen LogP contribution in [0.2, 0.25) is 0 Å². The highest BCUT2D eigenvalue weighted by atomic mass is 15.3. The van der Waals surface area contributed by atoms with Gasteiger partial charge in [-0.25, -0.2) is 19.5 Å². The van der Waals surface area contributed by atoms with E-state index < -0.39 is 0 Å². The molecule has 0 unspecified atom stereocenters. The standard InChI is InChI=1S/C19H21N7/c1-13-8-22-19-23-10-15(12-25(13)19)16-6-7-26-17(16)11-21-18(24-26)20-9-14-4-2-3-5-14/h6-8,10-12,14H,2-5,9H2,1H3,(H,20,24). The van der Waals surface area contributed by atoms with Gasteiger partial charge in [-0.15, -0.1) is 5.10 Å². The maximum Gasteiger partial charge on any atom is 0.241 e. The molecular weight excluding hydrogens is 326 g/mol. The Morgan fingerprint density at radius 2 is 1.96 bits per heavy atom. The van der Waals surface area contributed by atoms with Gasteiger partial charge >= 0.3 is 0 Å². The molecule has 0 spiro atoms. The Hall–Kier alpha value is -2.96. The lowest BCUT2D eigenvalue weighted by molar-refractivity contribution is 0.576. The predicted octanol–water partition coefficient (Wildman–Crippen LogP) is 3.35. The molecule has 1 fully saturated rings. The maximum atomic E-state index is 4.61. The number of hydrogen-bond acceptors (Lipinski definition) is 5. The Bertz CT molecular complexity index is 1070. The highest BCUT2D eigenvalue weighted by Gasteiger charge is 2.15. The van der Waals surface area contributed by atoms with Gasteiger partial charge in [-0.2, -0.15) is 0 Å². The molecule has 7 heteroatoms. The molecule has 132 valence electrons. The van der Waals surface area contributed by atoms with Crippen molar-refractivity contribution < 1.29 is 0 Å². The number of nitrogens with zero attached hydrogens (tertiary/aromatic N) is 6. The van der Waals surface area contributed by atoms with Crippen LogP contribution in [-0.2, 0) is 0 Å². The molecule has 1 aliphatic rings. The van der Waals surface area contributed by atoms with Crippen LogP contribution in [0.4, 0.5) is 5.95 Å². The number of imidazole rings is 1. The van der Waals surface area contributed by atoms with Crippen LogP contribution in [0.1, 0.15) is 31.4 Å². The summed E-state index contributed by atoms with van der Waals surface area (Å²) in [7, 11) is 0. The fourth-order valence-corrected chi connectivity index (χ4v) is 3.80. The van der Waals surface area contributed by atoms with Crippen LogP contribution in [0.25, 0.3) is 22.4 Å². The first-order valence-corrected chi connectivity index (χ1v) is 9.16. The highest BCUT2D eigenvalue weighted by Crippen LogP contribution is 2.26. The fraction of sp³-hybridized carbons (Fsp3) is 0.368. The van der Waals surface area contributed by atoms with Crippen LogP contribution in [0.3, 0.4) is 0 Å². The van der Waals surface area contributed by atoms with Gasteiger partial charge in [0.25, 0.3) is 0 Å². The molecule has 7 nitrogen and oxygen atoms in total. The van der Waals surface area contributed by atoms with Crippen molar-refractivity contribution in [1.29, 1.82) is 0 Å². The monoisotopic (exact) mass is 347 g/mol. The number of aromatic nitrogens is 6. The molecule has 0 radical (unpaired) electrons. The lowest BCUT2D eigenvalue weighted by atomic mass is 10.1. The molecule has 0 amide bonds. The molecule has 4 heterocycles. The Labute approximate surface area is 151 Å². The minimum Gasteiger partial charge on any atom is -0.353 e. The van der Waals surface area contributed by atoms with Crippen LogP contribution in [0.15, 0.2) is 37.1 Å². The van der Waals surface area contributed by atoms with Crippen molar-refractivity contribution in [2.24, 2.45) is 5.92 Å². The normalized spacial score (nSPS) is 15.3. The molecular formula is C19H21N7. The van der Waals surface area contributed by atoms with Crippen molar-refractivity contribution in [3.63, 3.8) is 0 Å². The fourth-order valence-electron chi connectivity index (χ4n) is 3.80. The van der Waals surface area contributed by atoms with Gasteiger partial charge < -0.3 is 5.32 Å². The minimum absolute atomic E-state index is 0.686. The SMILES string of the molecule is Cc1cnc2ncc(-c3ccn4nc(NCC5CCCC5)ncc34)cn12. The number of fused-ring (bicyclic) bond motifs is 2. The van der Waals surface area contributed by atoms with E-state index in [-0.39, 0.29) is 0 Å². The molecule has 26 heavy (non-hydrogen) atoms. The molecule has 0 saturated heterocycles. The molecule has 4 aromatic heterocycles. The van der Waals surface area contributed by atoms with E-state index in [1.807, 2.05) is 40.6 Å². The quantitative estimate of drug-likeness (QED) is 0.613. The first-order chi connectivity index (χ1) is 12.8. The largest absolute Gasteiger partial charge is 0.353 e. The molecule has 5 rings (SSSR count). The number of anilines is 1. The number of hydrogen-bond donors (Lipinski definition) is 1. The van der Waals surface area contributed by atoms with Gasteiger partial charge in [-0.05, 0) is 31.7 Å². The second-order valence-corrected chi connectivity index (χ2v) is 7.08. The van der Waals surface area contributed by atoms with Gasteiger partial charge in [-0.3, -0.25) is 4.40 Å². The van der Waals surface area contributed by atoms with Crippen LogP contribution in [0.5, 0.6) is 0 Å². The first kappa shape index (κ1) is 15.3. The second-order valence-electron chi connectivity index (χ2n) is 7.08. The molecule has 0 bridgehead atoms. The summed E-state index contributed by atoms with van der Waals surface area (Å²) in [4.78, 5) is 13.2. The van der Waals surface area contributed by atoms with Crippen LogP contribution >= 0.6 is 0 Å². The lowest BCUT2D eigenvalue weighted by Gasteiger charge is -2.10. The Balaban J connectivity index is 1.45. The molecule has 0 aliphatic heterocycles. The molecule has 1 N–H and O–H groups in total. The van der Waals surface area contributed by atoms with E-state index in [0.29, 0.717) is 11.7 Å². The summed E-state index contributed by atoms with van der Waals surface area (Å²) in [6.45, 7) is 2.98. The van der Waals surface area contributed by atoms with Gasteiger partial charge in [0.1, 0.15) is 0 Å². The van der Waals surface area contributed by atoms with Gasteiger partial charge in [0, 0.05) is 42.0 Å². The van der Waals surface area contributed by atoms with Crippen molar-refractivity contribution in [2.75, 3.05) is 11.9 Å². The molecule has 1 aliphatic carbocycles. The lowest BCUT2D eigenvalue weighted by Crippen LogP contribution is -2.13. The van der Waals surface area contributed by atoms with E-state index in [1.165, 1.54) is 25.7 Å². The third-order valence-corrected chi connectivity index (χ3v) is 5.30. The Morgan fingerprint density at radius 1 is 1.12 bits per heavy atom.